The number of carbonyl (C=O) groups is 2. The fourth-order valence-corrected chi connectivity index (χ4v) is 3.22. The van der Waals surface area contributed by atoms with Crippen LogP contribution < -0.4 is 14.8 Å². The summed E-state index contributed by atoms with van der Waals surface area (Å²) >= 11 is 0. The van der Waals surface area contributed by atoms with E-state index in [1.54, 1.807) is 37.3 Å². The summed E-state index contributed by atoms with van der Waals surface area (Å²) in [6.07, 6.45) is 1.01. The maximum atomic E-state index is 12.7. The summed E-state index contributed by atoms with van der Waals surface area (Å²) < 4.78 is 10.5. The molecule has 0 bridgehead atoms. The molecule has 1 N–H and O–H groups in total. The molecule has 27 heavy (non-hydrogen) atoms. The lowest BCUT2D eigenvalue weighted by molar-refractivity contribution is -0.128. The fourth-order valence-electron chi connectivity index (χ4n) is 3.22. The molecule has 0 radical (unpaired) electrons. The maximum Gasteiger partial charge on any atom is 0.229 e. The first-order valence-corrected chi connectivity index (χ1v) is 8.95. The Morgan fingerprint density at radius 2 is 1.93 bits per heavy atom. The largest absolute Gasteiger partial charge is 0.497 e. The van der Waals surface area contributed by atoms with Crippen molar-refractivity contribution in [1.82, 2.24) is 4.90 Å². The molecule has 1 aliphatic heterocycles. The van der Waals surface area contributed by atoms with E-state index in [2.05, 4.69) is 5.32 Å². The molecule has 0 spiro atoms. The van der Waals surface area contributed by atoms with Crippen molar-refractivity contribution in [1.29, 1.82) is 0 Å². The van der Waals surface area contributed by atoms with Gasteiger partial charge in [0, 0.05) is 25.6 Å². The summed E-state index contributed by atoms with van der Waals surface area (Å²) in [6.45, 7) is 1.05. The number of ether oxygens (including phenoxy) is 2. The lowest BCUT2D eigenvalue weighted by Gasteiger charge is -2.17. The number of hydrogen-bond acceptors (Lipinski definition) is 4. The Kier molecular flexibility index (Phi) is 5.96. The number of amides is 2. The third kappa shape index (κ3) is 4.58. The lowest BCUT2D eigenvalue weighted by Crippen LogP contribution is -2.30. The van der Waals surface area contributed by atoms with Crippen molar-refractivity contribution in [3.63, 3.8) is 0 Å². The van der Waals surface area contributed by atoms with E-state index in [1.165, 1.54) is 5.56 Å². The van der Waals surface area contributed by atoms with Gasteiger partial charge in [-0.3, -0.25) is 9.59 Å². The molecule has 1 atom stereocenters. The Morgan fingerprint density at radius 1 is 1.15 bits per heavy atom. The lowest BCUT2D eigenvalue weighted by atomic mass is 10.1. The molecule has 6 heteroatoms. The van der Waals surface area contributed by atoms with E-state index >= 15 is 0 Å². The predicted molar refractivity (Wildman–Crippen MR) is 103 cm³/mol. The van der Waals surface area contributed by atoms with Crippen molar-refractivity contribution in [2.24, 2.45) is 5.92 Å². The number of likely N-dealkylation sites (tertiary alicyclic amines) is 1. The smallest absolute Gasteiger partial charge is 0.229 e. The van der Waals surface area contributed by atoms with Gasteiger partial charge in [-0.15, -0.1) is 0 Å². The zero-order valence-electron chi connectivity index (χ0n) is 15.6. The maximum absolute atomic E-state index is 12.7. The minimum Gasteiger partial charge on any atom is -0.497 e. The SMILES string of the molecule is COc1ccc(OC)c(NC(=O)[C@H]2CC(=O)N(CCc3ccccc3)C2)c1. The van der Waals surface area contributed by atoms with E-state index in [9.17, 15) is 9.59 Å². The Balaban J connectivity index is 1.60. The van der Waals surface area contributed by atoms with Crippen LogP contribution in [-0.2, 0) is 16.0 Å². The molecule has 0 unspecified atom stereocenters. The number of hydrogen-bond donors (Lipinski definition) is 1. The fraction of sp³-hybridized carbons (Fsp3) is 0.333. The van der Waals surface area contributed by atoms with Crippen LogP contribution in [0.5, 0.6) is 11.5 Å². The van der Waals surface area contributed by atoms with Crippen LogP contribution in [0.2, 0.25) is 0 Å². The van der Waals surface area contributed by atoms with Crippen LogP contribution in [0, 0.1) is 5.92 Å². The summed E-state index contributed by atoms with van der Waals surface area (Å²) in [6, 6.07) is 15.2. The molecule has 2 aromatic carbocycles. The molecule has 0 saturated carbocycles. The van der Waals surface area contributed by atoms with Crippen LogP contribution in [0.3, 0.4) is 0 Å². The molecule has 0 aromatic heterocycles. The van der Waals surface area contributed by atoms with Gasteiger partial charge in [0.05, 0.1) is 25.8 Å². The van der Waals surface area contributed by atoms with Crippen LogP contribution in [-0.4, -0.2) is 44.0 Å². The molecule has 1 aliphatic rings. The van der Waals surface area contributed by atoms with Gasteiger partial charge in [0.15, 0.2) is 0 Å². The number of benzene rings is 2. The zero-order chi connectivity index (χ0) is 19.2. The third-order valence-corrected chi connectivity index (χ3v) is 4.76. The van der Waals surface area contributed by atoms with Crippen LogP contribution >= 0.6 is 0 Å². The van der Waals surface area contributed by atoms with E-state index in [-0.39, 0.29) is 24.2 Å². The highest BCUT2D eigenvalue weighted by atomic mass is 16.5. The van der Waals surface area contributed by atoms with Crippen molar-refractivity contribution in [3.8, 4) is 11.5 Å². The first-order chi connectivity index (χ1) is 13.1. The summed E-state index contributed by atoms with van der Waals surface area (Å²) in [4.78, 5) is 26.7. The normalized spacial score (nSPS) is 16.3. The Hall–Kier alpha value is -3.02. The molecule has 0 aliphatic carbocycles. The van der Waals surface area contributed by atoms with E-state index in [0.29, 0.717) is 30.3 Å². The van der Waals surface area contributed by atoms with Gasteiger partial charge in [0.1, 0.15) is 11.5 Å². The summed E-state index contributed by atoms with van der Waals surface area (Å²) in [7, 11) is 3.11. The topological polar surface area (TPSA) is 67.9 Å². The molecule has 2 amide bonds. The summed E-state index contributed by atoms with van der Waals surface area (Å²) in [5, 5.41) is 2.87. The average molecular weight is 368 g/mol. The molecule has 3 rings (SSSR count). The number of carbonyl (C=O) groups excluding carboxylic acids is 2. The monoisotopic (exact) mass is 368 g/mol. The minimum absolute atomic E-state index is 0.0173. The second kappa shape index (κ2) is 8.58. The average Bonchev–Trinajstić information content (AvgIpc) is 3.08. The van der Waals surface area contributed by atoms with Gasteiger partial charge in [-0.2, -0.15) is 0 Å². The molecule has 6 nitrogen and oxygen atoms in total. The van der Waals surface area contributed by atoms with Gasteiger partial charge >= 0.3 is 0 Å². The molecule has 1 saturated heterocycles. The van der Waals surface area contributed by atoms with Crippen molar-refractivity contribution in [3.05, 3.63) is 54.1 Å². The number of methoxy groups -OCH3 is 2. The molecular formula is C21H24N2O4. The second-order valence-electron chi connectivity index (χ2n) is 6.53. The van der Waals surface area contributed by atoms with Crippen LogP contribution in [0.1, 0.15) is 12.0 Å². The molecule has 1 fully saturated rings. The number of nitrogens with zero attached hydrogens (tertiary/aromatic N) is 1. The van der Waals surface area contributed by atoms with Crippen molar-refractivity contribution < 1.29 is 19.1 Å². The van der Waals surface area contributed by atoms with Gasteiger partial charge in [0.2, 0.25) is 11.8 Å². The van der Waals surface area contributed by atoms with Gasteiger partial charge in [-0.1, -0.05) is 30.3 Å². The first kappa shape index (κ1) is 18.8. The number of anilines is 1. The van der Waals surface area contributed by atoms with Crippen molar-refractivity contribution in [2.75, 3.05) is 32.6 Å². The third-order valence-electron chi connectivity index (χ3n) is 4.76. The quantitative estimate of drug-likeness (QED) is 0.816. The van der Waals surface area contributed by atoms with Crippen molar-refractivity contribution in [2.45, 2.75) is 12.8 Å². The summed E-state index contributed by atoms with van der Waals surface area (Å²) in [5.41, 5.74) is 1.72. The highest BCUT2D eigenvalue weighted by Crippen LogP contribution is 2.30. The summed E-state index contributed by atoms with van der Waals surface area (Å²) in [5.74, 6) is 0.637. The minimum atomic E-state index is -0.371. The van der Waals surface area contributed by atoms with Gasteiger partial charge in [-0.05, 0) is 24.1 Å². The van der Waals surface area contributed by atoms with Crippen molar-refractivity contribution >= 4 is 17.5 Å². The van der Waals surface area contributed by atoms with Crippen LogP contribution in [0.25, 0.3) is 0 Å². The van der Waals surface area contributed by atoms with Gasteiger partial charge < -0.3 is 19.7 Å². The van der Waals surface area contributed by atoms with E-state index < -0.39 is 0 Å². The van der Waals surface area contributed by atoms with Crippen LogP contribution in [0.15, 0.2) is 48.5 Å². The Morgan fingerprint density at radius 3 is 2.63 bits per heavy atom. The molecular weight excluding hydrogens is 344 g/mol. The standard InChI is InChI=1S/C21H24N2O4/c1-26-17-8-9-19(27-2)18(13-17)22-21(25)16-12-20(24)23(14-16)11-10-15-6-4-3-5-7-15/h3-9,13,16H,10-12,14H2,1-2H3,(H,22,25)/t16-/m0/s1. The molecule has 1 heterocycles. The van der Waals surface area contributed by atoms with Crippen LogP contribution in [0.4, 0.5) is 5.69 Å². The number of rotatable bonds is 7. The number of nitrogens with one attached hydrogen (secondary N) is 1. The van der Waals surface area contributed by atoms with E-state index in [4.69, 9.17) is 9.47 Å². The molecule has 2 aromatic rings. The zero-order valence-corrected chi connectivity index (χ0v) is 15.6. The molecule has 142 valence electrons. The van der Waals surface area contributed by atoms with Gasteiger partial charge in [-0.25, -0.2) is 0 Å². The Bertz CT molecular complexity index is 807. The second-order valence-corrected chi connectivity index (χ2v) is 6.53. The van der Waals surface area contributed by atoms with E-state index in [1.807, 2.05) is 30.3 Å². The van der Waals surface area contributed by atoms with E-state index in [0.717, 1.165) is 6.42 Å². The first-order valence-electron chi connectivity index (χ1n) is 8.95. The highest BCUT2D eigenvalue weighted by molar-refractivity contribution is 5.98. The van der Waals surface area contributed by atoms with Gasteiger partial charge in [0.25, 0.3) is 0 Å². The predicted octanol–water partition coefficient (Wildman–Crippen LogP) is 2.73. The highest BCUT2D eigenvalue weighted by Gasteiger charge is 2.34. The Labute approximate surface area is 159 Å².